The van der Waals surface area contributed by atoms with Gasteiger partial charge < -0.3 is 10.6 Å². The molecule has 2 aromatic rings. The van der Waals surface area contributed by atoms with Crippen LogP contribution in [-0.4, -0.2) is 51.6 Å². The SMILES string of the molecule is Cc1ccccc1C1=NC2(CCCC2)C(=O)N1CC(=O)NC1C=C2C[C@@]3(CC2=CC1)C(=O)Nc1ncccc13. The summed E-state index contributed by atoms with van der Waals surface area (Å²) in [5, 5.41) is 6.08. The van der Waals surface area contributed by atoms with Gasteiger partial charge in [-0.2, -0.15) is 0 Å². The summed E-state index contributed by atoms with van der Waals surface area (Å²) in [7, 11) is 0. The zero-order valence-corrected chi connectivity index (χ0v) is 22.0. The van der Waals surface area contributed by atoms with E-state index in [2.05, 4.69) is 27.8 Å². The number of pyridine rings is 1. The van der Waals surface area contributed by atoms with E-state index in [1.54, 1.807) is 11.1 Å². The van der Waals surface area contributed by atoms with E-state index in [4.69, 9.17) is 4.99 Å². The van der Waals surface area contributed by atoms with Crippen molar-refractivity contribution >= 4 is 29.4 Å². The Kier molecular flexibility index (Phi) is 5.37. The number of aromatic nitrogens is 1. The van der Waals surface area contributed by atoms with E-state index < -0.39 is 11.0 Å². The maximum Gasteiger partial charge on any atom is 0.256 e. The van der Waals surface area contributed by atoms with Gasteiger partial charge in [-0.25, -0.2) is 4.98 Å². The highest BCUT2D eigenvalue weighted by atomic mass is 16.2. The van der Waals surface area contributed by atoms with Crippen LogP contribution in [0.2, 0.25) is 0 Å². The van der Waals surface area contributed by atoms with Crippen LogP contribution < -0.4 is 10.6 Å². The molecule has 3 heterocycles. The van der Waals surface area contributed by atoms with Crippen molar-refractivity contribution in [2.75, 3.05) is 11.9 Å². The molecule has 0 saturated heterocycles. The minimum Gasteiger partial charge on any atom is -0.348 e. The van der Waals surface area contributed by atoms with Crippen LogP contribution in [0.4, 0.5) is 5.82 Å². The summed E-state index contributed by atoms with van der Waals surface area (Å²) in [6, 6.07) is 11.6. The number of benzene rings is 1. The molecule has 8 heteroatoms. The Balaban J connectivity index is 1.09. The van der Waals surface area contributed by atoms with E-state index in [-0.39, 0.29) is 30.3 Å². The number of hydrogen-bond acceptors (Lipinski definition) is 5. The first kappa shape index (κ1) is 24.0. The Bertz CT molecular complexity index is 1520. The molecule has 0 bridgehead atoms. The number of carbonyl (C=O) groups is 3. The Hall–Kier alpha value is -4.07. The van der Waals surface area contributed by atoms with E-state index in [0.717, 1.165) is 47.9 Å². The highest BCUT2D eigenvalue weighted by Crippen LogP contribution is 2.53. The number of nitrogens with one attached hydrogen (secondary N) is 2. The molecular weight excluding hydrogens is 490 g/mol. The minimum atomic E-state index is -0.729. The molecular formula is C31H31N5O3. The first-order valence-corrected chi connectivity index (χ1v) is 13.8. The molecule has 1 aromatic heterocycles. The Morgan fingerprint density at radius 1 is 1.10 bits per heavy atom. The largest absolute Gasteiger partial charge is 0.348 e. The summed E-state index contributed by atoms with van der Waals surface area (Å²) < 4.78 is 0. The van der Waals surface area contributed by atoms with Gasteiger partial charge >= 0.3 is 0 Å². The van der Waals surface area contributed by atoms with Crippen molar-refractivity contribution in [1.82, 2.24) is 15.2 Å². The molecule has 2 saturated carbocycles. The summed E-state index contributed by atoms with van der Waals surface area (Å²) >= 11 is 0. The first-order valence-electron chi connectivity index (χ1n) is 13.8. The zero-order valence-electron chi connectivity index (χ0n) is 22.0. The average molecular weight is 522 g/mol. The predicted molar refractivity (Wildman–Crippen MR) is 147 cm³/mol. The van der Waals surface area contributed by atoms with Crippen molar-refractivity contribution in [3.63, 3.8) is 0 Å². The molecule has 2 atom stereocenters. The van der Waals surface area contributed by atoms with Crippen molar-refractivity contribution in [3.8, 4) is 0 Å². The molecule has 7 rings (SSSR count). The lowest BCUT2D eigenvalue weighted by Gasteiger charge is -2.24. The maximum absolute atomic E-state index is 13.6. The van der Waals surface area contributed by atoms with E-state index in [9.17, 15) is 14.4 Å². The molecule has 0 radical (unpaired) electrons. The van der Waals surface area contributed by atoms with Crippen LogP contribution in [-0.2, 0) is 19.8 Å². The van der Waals surface area contributed by atoms with Crippen molar-refractivity contribution in [2.24, 2.45) is 4.99 Å². The molecule has 5 aliphatic rings. The summed E-state index contributed by atoms with van der Waals surface area (Å²) in [6.07, 6.45) is 11.2. The van der Waals surface area contributed by atoms with Gasteiger partial charge in [-0.05, 0) is 61.8 Å². The van der Waals surface area contributed by atoms with Crippen LogP contribution in [0.5, 0.6) is 0 Å². The summed E-state index contributed by atoms with van der Waals surface area (Å²) in [4.78, 5) is 50.9. The van der Waals surface area contributed by atoms with Crippen molar-refractivity contribution in [2.45, 2.75) is 68.9 Å². The van der Waals surface area contributed by atoms with E-state index in [1.165, 1.54) is 5.57 Å². The summed E-state index contributed by atoms with van der Waals surface area (Å²) in [5.41, 5.74) is 3.78. The average Bonchev–Trinajstić information content (AvgIpc) is 3.68. The second kappa shape index (κ2) is 8.73. The first-order chi connectivity index (χ1) is 18.9. The second-order valence-electron chi connectivity index (χ2n) is 11.5. The molecule has 2 aliphatic heterocycles. The van der Waals surface area contributed by atoms with Crippen LogP contribution in [0.15, 0.2) is 70.9 Å². The van der Waals surface area contributed by atoms with Crippen LogP contribution >= 0.6 is 0 Å². The third-order valence-corrected chi connectivity index (χ3v) is 9.09. The molecule has 2 N–H and O–H groups in total. The van der Waals surface area contributed by atoms with Crippen molar-refractivity contribution in [3.05, 3.63) is 82.6 Å². The molecule has 3 aliphatic carbocycles. The smallest absolute Gasteiger partial charge is 0.256 e. The quantitative estimate of drug-likeness (QED) is 0.640. The van der Waals surface area contributed by atoms with Crippen molar-refractivity contribution < 1.29 is 14.4 Å². The number of aliphatic imine (C=N–C) groups is 1. The molecule has 2 spiro atoms. The fourth-order valence-electron chi connectivity index (χ4n) is 7.10. The van der Waals surface area contributed by atoms with Gasteiger partial charge in [-0.3, -0.25) is 24.3 Å². The predicted octanol–water partition coefficient (Wildman–Crippen LogP) is 3.72. The number of aryl methyl sites for hydroxylation is 1. The lowest BCUT2D eigenvalue weighted by atomic mass is 9.80. The highest BCUT2D eigenvalue weighted by Gasteiger charge is 2.53. The van der Waals surface area contributed by atoms with Crippen LogP contribution in [0.25, 0.3) is 0 Å². The molecule has 3 amide bonds. The topological polar surface area (TPSA) is 104 Å². The monoisotopic (exact) mass is 521 g/mol. The number of anilines is 1. The van der Waals surface area contributed by atoms with Gasteiger partial charge in [0.15, 0.2) is 0 Å². The second-order valence-corrected chi connectivity index (χ2v) is 11.5. The lowest BCUT2D eigenvalue weighted by Crippen LogP contribution is -2.48. The number of amides is 3. The fraction of sp³-hybridized carbons (Fsp3) is 0.387. The molecule has 1 unspecified atom stereocenters. The highest BCUT2D eigenvalue weighted by molar-refractivity contribution is 6.17. The van der Waals surface area contributed by atoms with Gasteiger partial charge in [0.25, 0.3) is 5.91 Å². The maximum atomic E-state index is 13.6. The van der Waals surface area contributed by atoms with E-state index >= 15 is 0 Å². The lowest BCUT2D eigenvalue weighted by molar-refractivity contribution is -0.134. The van der Waals surface area contributed by atoms with Gasteiger partial charge in [0.1, 0.15) is 23.7 Å². The van der Waals surface area contributed by atoms with E-state index in [1.807, 2.05) is 43.3 Å². The van der Waals surface area contributed by atoms with E-state index in [0.29, 0.717) is 30.9 Å². The Labute approximate surface area is 227 Å². The van der Waals surface area contributed by atoms with Crippen molar-refractivity contribution in [1.29, 1.82) is 0 Å². The van der Waals surface area contributed by atoms with Crippen LogP contribution in [0.3, 0.4) is 0 Å². The van der Waals surface area contributed by atoms with Gasteiger partial charge in [-0.15, -0.1) is 0 Å². The van der Waals surface area contributed by atoms with Gasteiger partial charge in [0.05, 0.1) is 11.5 Å². The standard InChI is InChI=1S/C31H31N5O3/c1-19-7-2-3-8-23(19)27-35-31(12-4-5-13-31)29(39)36(27)18-25(37)33-22-11-10-20-16-30(17-21(20)15-22)24-9-6-14-32-26(24)34-28(30)38/h2-3,6-10,14-15,22H,4-5,11-13,16-18H2,1H3,(H,33,37)(H,32,34,38)/t22?,30-/m1/s1. The normalized spacial score (nSPS) is 26.3. The van der Waals surface area contributed by atoms with Crippen LogP contribution in [0, 0.1) is 6.92 Å². The number of nitrogens with zero attached hydrogens (tertiary/aromatic N) is 3. The van der Waals surface area contributed by atoms with Gasteiger partial charge in [0.2, 0.25) is 11.8 Å². The Morgan fingerprint density at radius 2 is 1.90 bits per heavy atom. The zero-order chi connectivity index (χ0) is 26.8. The number of fused-ring (bicyclic) bond motifs is 3. The third-order valence-electron chi connectivity index (χ3n) is 9.09. The van der Waals surface area contributed by atoms with Gasteiger partial charge in [0, 0.05) is 17.3 Å². The van der Waals surface area contributed by atoms with Crippen LogP contribution in [0.1, 0.15) is 61.6 Å². The number of allylic oxidation sites excluding steroid dienone is 2. The Morgan fingerprint density at radius 3 is 2.72 bits per heavy atom. The fourth-order valence-corrected chi connectivity index (χ4v) is 7.10. The number of hydrogen-bond donors (Lipinski definition) is 2. The number of rotatable bonds is 4. The molecule has 1 aromatic carbocycles. The van der Waals surface area contributed by atoms with Gasteiger partial charge in [-0.1, -0.05) is 55.3 Å². The minimum absolute atomic E-state index is 0.00982. The summed E-state index contributed by atoms with van der Waals surface area (Å²) in [6.45, 7) is 1.95. The number of amidine groups is 1. The third kappa shape index (κ3) is 3.68. The molecule has 2 fully saturated rings. The molecule has 8 nitrogen and oxygen atoms in total. The molecule has 39 heavy (non-hydrogen) atoms. The molecule has 198 valence electrons. The summed E-state index contributed by atoms with van der Waals surface area (Å²) in [5.74, 6) is 0.976. The number of carbonyl (C=O) groups excluding carboxylic acids is 3.